The van der Waals surface area contributed by atoms with E-state index in [4.69, 9.17) is 0 Å². The molecule has 3 rings (SSSR count). The van der Waals surface area contributed by atoms with Crippen molar-refractivity contribution >= 4 is 12.1 Å². The highest BCUT2D eigenvalue weighted by atomic mass is 16.2. The van der Waals surface area contributed by atoms with E-state index in [0.29, 0.717) is 11.5 Å². The summed E-state index contributed by atoms with van der Waals surface area (Å²) in [5.41, 5.74) is 2.97. The van der Waals surface area contributed by atoms with Gasteiger partial charge < -0.3 is 4.98 Å². The number of rotatable bonds is 4. The number of nitrogens with one attached hydrogen (secondary N) is 2. The van der Waals surface area contributed by atoms with Crippen LogP contribution >= 0.6 is 0 Å². The van der Waals surface area contributed by atoms with Gasteiger partial charge >= 0.3 is 0 Å². The van der Waals surface area contributed by atoms with Crippen LogP contribution in [0.1, 0.15) is 15.9 Å². The summed E-state index contributed by atoms with van der Waals surface area (Å²) >= 11 is 0. The van der Waals surface area contributed by atoms with Gasteiger partial charge in [-0.15, -0.1) is 0 Å². The van der Waals surface area contributed by atoms with Crippen molar-refractivity contribution in [1.29, 1.82) is 0 Å². The van der Waals surface area contributed by atoms with Crippen LogP contribution in [0.5, 0.6) is 0 Å². The number of H-pyrrole nitrogens is 1. The van der Waals surface area contributed by atoms with Crippen molar-refractivity contribution in [1.82, 2.24) is 20.4 Å². The molecular weight excluding hydrogens is 306 g/mol. The lowest BCUT2D eigenvalue weighted by molar-refractivity contribution is 0.0953. The van der Waals surface area contributed by atoms with Crippen molar-refractivity contribution in [3.63, 3.8) is 0 Å². The smallest absolute Gasteiger partial charge is 0.278 e. The number of pyridine rings is 1. The van der Waals surface area contributed by atoms with E-state index in [-0.39, 0.29) is 5.56 Å². The number of carbonyl (C=O) groups excluding carboxylic acids is 1. The van der Waals surface area contributed by atoms with E-state index < -0.39 is 11.5 Å². The minimum Gasteiger partial charge on any atom is -0.305 e. The summed E-state index contributed by atoms with van der Waals surface area (Å²) in [7, 11) is 0. The molecule has 0 aliphatic heterocycles. The van der Waals surface area contributed by atoms with E-state index >= 15 is 0 Å². The summed E-state index contributed by atoms with van der Waals surface area (Å²) in [5.74, 6) is -0.339. The van der Waals surface area contributed by atoms with Gasteiger partial charge in [0.05, 0.1) is 6.21 Å². The predicted octanol–water partition coefficient (Wildman–Crippen LogP) is 1.60. The molecule has 0 saturated carbocycles. The highest BCUT2D eigenvalue weighted by Crippen LogP contribution is 2.07. The van der Waals surface area contributed by atoms with Crippen molar-refractivity contribution in [3.05, 3.63) is 82.4 Å². The third-order valence-corrected chi connectivity index (χ3v) is 3.13. The number of hydrazone groups is 1. The molecule has 0 saturated heterocycles. The Bertz CT molecular complexity index is 920. The molecule has 7 heteroatoms. The zero-order valence-electron chi connectivity index (χ0n) is 12.5. The summed E-state index contributed by atoms with van der Waals surface area (Å²) in [4.78, 5) is 34.8. The van der Waals surface area contributed by atoms with Crippen LogP contribution in [0.3, 0.4) is 0 Å². The van der Waals surface area contributed by atoms with Crippen LogP contribution in [0, 0.1) is 0 Å². The number of amides is 1. The second kappa shape index (κ2) is 7.10. The highest BCUT2D eigenvalue weighted by Gasteiger charge is 2.12. The Morgan fingerprint density at radius 1 is 1.08 bits per heavy atom. The highest BCUT2D eigenvalue weighted by molar-refractivity contribution is 5.94. The standard InChI is InChI=1S/C17H13N5O2/c23-16-13(11-19-15(21-16)14-8-4-5-9-18-14)17(24)22-20-10-12-6-2-1-3-7-12/h1-11H,(H,22,24)(H,19,21,23)/b20-10+. The molecule has 0 fully saturated rings. The number of hydrogen-bond donors (Lipinski definition) is 2. The van der Waals surface area contributed by atoms with Crippen molar-refractivity contribution in [2.24, 2.45) is 5.10 Å². The lowest BCUT2D eigenvalue weighted by atomic mass is 10.2. The van der Waals surface area contributed by atoms with Gasteiger partial charge in [-0.25, -0.2) is 10.4 Å². The summed E-state index contributed by atoms with van der Waals surface area (Å²) < 4.78 is 0. The predicted molar refractivity (Wildman–Crippen MR) is 89.6 cm³/mol. The van der Waals surface area contributed by atoms with Gasteiger partial charge in [-0.05, 0) is 17.7 Å². The molecule has 118 valence electrons. The Morgan fingerprint density at radius 3 is 2.58 bits per heavy atom. The molecule has 0 aliphatic rings. The van der Waals surface area contributed by atoms with Crippen LogP contribution in [0.25, 0.3) is 11.5 Å². The van der Waals surface area contributed by atoms with E-state index in [0.717, 1.165) is 5.56 Å². The first-order valence-electron chi connectivity index (χ1n) is 7.13. The fourth-order valence-electron chi connectivity index (χ4n) is 1.95. The topological polar surface area (TPSA) is 100 Å². The average molecular weight is 319 g/mol. The molecular formula is C17H13N5O2. The van der Waals surface area contributed by atoms with Crippen molar-refractivity contribution in [2.75, 3.05) is 0 Å². The first-order valence-corrected chi connectivity index (χ1v) is 7.13. The van der Waals surface area contributed by atoms with Gasteiger partial charge in [0, 0.05) is 12.4 Å². The van der Waals surface area contributed by atoms with Gasteiger partial charge in [0.15, 0.2) is 5.82 Å². The number of aromatic amines is 1. The maximum absolute atomic E-state index is 12.1. The molecule has 3 aromatic rings. The molecule has 0 unspecified atom stereocenters. The maximum Gasteiger partial charge on any atom is 0.278 e. The van der Waals surface area contributed by atoms with Gasteiger partial charge in [0.25, 0.3) is 11.5 Å². The Balaban J connectivity index is 1.74. The summed E-state index contributed by atoms with van der Waals surface area (Å²) in [6.45, 7) is 0. The Hall–Kier alpha value is -3.61. The number of carbonyl (C=O) groups is 1. The number of nitrogens with zero attached hydrogens (tertiary/aromatic N) is 3. The molecule has 0 spiro atoms. The molecule has 0 radical (unpaired) electrons. The van der Waals surface area contributed by atoms with Crippen LogP contribution in [0.2, 0.25) is 0 Å². The normalized spacial score (nSPS) is 10.7. The van der Waals surface area contributed by atoms with Gasteiger partial charge in [0.2, 0.25) is 0 Å². The second-order valence-corrected chi connectivity index (χ2v) is 4.80. The second-order valence-electron chi connectivity index (χ2n) is 4.80. The lowest BCUT2D eigenvalue weighted by Crippen LogP contribution is -2.27. The molecule has 0 atom stereocenters. The van der Waals surface area contributed by atoms with Crippen molar-refractivity contribution < 1.29 is 4.79 Å². The molecule has 2 heterocycles. The Morgan fingerprint density at radius 2 is 1.88 bits per heavy atom. The minimum atomic E-state index is -0.636. The first kappa shape index (κ1) is 15.3. The number of aromatic nitrogens is 3. The van der Waals surface area contributed by atoms with Crippen LogP contribution in [0.4, 0.5) is 0 Å². The van der Waals surface area contributed by atoms with Crippen LogP contribution in [0.15, 0.2) is 70.8 Å². The largest absolute Gasteiger partial charge is 0.305 e. The fraction of sp³-hybridized carbons (Fsp3) is 0. The van der Waals surface area contributed by atoms with Crippen LogP contribution < -0.4 is 11.0 Å². The van der Waals surface area contributed by atoms with Crippen molar-refractivity contribution in [3.8, 4) is 11.5 Å². The summed E-state index contributed by atoms with van der Waals surface area (Å²) in [6, 6.07) is 14.5. The summed E-state index contributed by atoms with van der Waals surface area (Å²) in [5, 5.41) is 3.82. The zero-order chi connectivity index (χ0) is 16.8. The molecule has 0 aliphatic carbocycles. The van der Waals surface area contributed by atoms with E-state index in [2.05, 4.69) is 25.5 Å². The summed E-state index contributed by atoms with van der Waals surface area (Å²) in [6.07, 6.45) is 4.28. The Kier molecular flexibility index (Phi) is 4.52. The van der Waals surface area contributed by atoms with Gasteiger partial charge in [0.1, 0.15) is 11.3 Å². The molecule has 1 amide bonds. The van der Waals surface area contributed by atoms with E-state index in [1.165, 1.54) is 12.4 Å². The monoisotopic (exact) mass is 319 g/mol. The van der Waals surface area contributed by atoms with Gasteiger partial charge in [-0.1, -0.05) is 36.4 Å². The molecule has 1 aromatic carbocycles. The average Bonchev–Trinajstić information content (AvgIpc) is 2.63. The van der Waals surface area contributed by atoms with Crippen LogP contribution in [-0.4, -0.2) is 27.1 Å². The molecule has 24 heavy (non-hydrogen) atoms. The number of benzene rings is 1. The third kappa shape index (κ3) is 3.58. The van der Waals surface area contributed by atoms with Crippen LogP contribution in [-0.2, 0) is 0 Å². The van der Waals surface area contributed by atoms with Gasteiger partial charge in [-0.2, -0.15) is 5.10 Å². The third-order valence-electron chi connectivity index (χ3n) is 3.13. The first-order chi connectivity index (χ1) is 11.7. The Labute approximate surface area is 137 Å². The van der Waals surface area contributed by atoms with Crippen molar-refractivity contribution in [2.45, 2.75) is 0 Å². The molecule has 0 bridgehead atoms. The minimum absolute atomic E-state index is 0.125. The van der Waals surface area contributed by atoms with E-state index in [1.807, 2.05) is 30.3 Å². The molecule has 7 nitrogen and oxygen atoms in total. The zero-order valence-corrected chi connectivity index (χ0v) is 12.5. The number of hydrogen-bond acceptors (Lipinski definition) is 5. The SMILES string of the molecule is O=C(N/N=C/c1ccccc1)c1cnc(-c2ccccn2)[nH]c1=O. The fourth-order valence-corrected chi connectivity index (χ4v) is 1.95. The van der Waals surface area contributed by atoms with E-state index in [9.17, 15) is 9.59 Å². The molecule has 2 aromatic heterocycles. The molecule has 2 N–H and O–H groups in total. The quantitative estimate of drug-likeness (QED) is 0.563. The van der Waals surface area contributed by atoms with E-state index in [1.54, 1.807) is 24.4 Å². The maximum atomic E-state index is 12.1. The van der Waals surface area contributed by atoms with Gasteiger partial charge in [-0.3, -0.25) is 14.6 Å². The lowest BCUT2D eigenvalue weighted by Gasteiger charge is -2.02.